The number of fused-ring (bicyclic) bond motifs is 1. The topological polar surface area (TPSA) is 61.8 Å². The van der Waals surface area contributed by atoms with E-state index in [-0.39, 0.29) is 0 Å². The Balaban J connectivity index is 2.09. The number of aromatic nitrogens is 4. The molecule has 5 nitrogen and oxygen atoms in total. The molecule has 0 fully saturated rings. The number of nitrogens with zero attached hydrogens (tertiary/aromatic N) is 3. The number of aromatic amines is 2. The van der Waals surface area contributed by atoms with Crippen LogP contribution in [0.4, 0.5) is 0 Å². The van der Waals surface area contributed by atoms with Crippen LogP contribution in [0.25, 0.3) is 10.9 Å². The van der Waals surface area contributed by atoms with Crippen LogP contribution in [0.2, 0.25) is 0 Å². The van der Waals surface area contributed by atoms with Crippen LogP contribution in [0, 0.1) is 11.7 Å². The van der Waals surface area contributed by atoms with Crippen LogP contribution in [-0.4, -0.2) is 26.1 Å². The molecule has 102 valence electrons. The summed E-state index contributed by atoms with van der Waals surface area (Å²) in [7, 11) is 0. The third-order valence-corrected chi connectivity index (χ3v) is 3.54. The van der Waals surface area contributed by atoms with Gasteiger partial charge >= 0.3 is 0 Å². The van der Waals surface area contributed by atoms with E-state index < -0.39 is 0 Å². The molecule has 20 heavy (non-hydrogen) atoms. The average molecular weight is 285 g/mol. The first kappa shape index (κ1) is 12.8. The maximum atomic E-state index is 5.19. The molecule has 0 aliphatic carbocycles. The van der Waals surface area contributed by atoms with Crippen LogP contribution < -0.4 is 0 Å². The van der Waals surface area contributed by atoms with E-state index in [4.69, 9.17) is 12.2 Å². The molecule has 0 bridgehead atoms. The number of H-pyrrole nitrogens is 2. The Morgan fingerprint density at radius 3 is 3.00 bits per heavy atom. The van der Waals surface area contributed by atoms with Crippen molar-refractivity contribution in [2.75, 3.05) is 0 Å². The summed E-state index contributed by atoms with van der Waals surface area (Å²) >= 11 is 5.19. The Morgan fingerprint density at radius 2 is 2.20 bits per heavy atom. The van der Waals surface area contributed by atoms with Gasteiger partial charge in [0.1, 0.15) is 0 Å². The first-order chi connectivity index (χ1) is 9.70. The van der Waals surface area contributed by atoms with Crippen molar-refractivity contribution in [3.05, 3.63) is 46.1 Å². The predicted molar refractivity (Wildman–Crippen MR) is 82.8 cm³/mol. The third-order valence-electron chi connectivity index (χ3n) is 3.28. The van der Waals surface area contributed by atoms with Gasteiger partial charge in [-0.2, -0.15) is 14.9 Å². The van der Waals surface area contributed by atoms with Gasteiger partial charge in [0, 0.05) is 28.6 Å². The molecule has 0 aliphatic heterocycles. The zero-order valence-electron chi connectivity index (χ0n) is 11.3. The van der Waals surface area contributed by atoms with Crippen molar-refractivity contribution in [3.63, 3.8) is 0 Å². The molecule has 0 radical (unpaired) electrons. The van der Waals surface area contributed by atoms with Crippen LogP contribution in [0.3, 0.4) is 0 Å². The summed E-state index contributed by atoms with van der Waals surface area (Å²) in [5.74, 6) is 0.823. The third kappa shape index (κ3) is 2.08. The van der Waals surface area contributed by atoms with Gasteiger partial charge in [-0.05, 0) is 25.2 Å². The summed E-state index contributed by atoms with van der Waals surface area (Å²) in [6, 6.07) is 8.17. The van der Waals surface area contributed by atoms with E-state index in [1.165, 1.54) is 0 Å². The lowest BCUT2D eigenvalue weighted by Gasteiger charge is -1.97. The Kier molecular flexibility index (Phi) is 3.23. The molecule has 2 N–H and O–H groups in total. The van der Waals surface area contributed by atoms with E-state index in [1.807, 2.05) is 32.2 Å². The van der Waals surface area contributed by atoms with Gasteiger partial charge < -0.3 is 4.98 Å². The summed E-state index contributed by atoms with van der Waals surface area (Å²) < 4.78 is 2.17. The molecule has 2 heterocycles. The van der Waals surface area contributed by atoms with Crippen molar-refractivity contribution in [1.29, 1.82) is 0 Å². The standard InChI is InChI=1S/C14H15N5S/c1-3-13-17-18-14(20)19(13)15-8-11-9(2)16-12-7-5-4-6-10(11)12/h4-8,16H,3H2,1-2H3,(H,18,20)/b15-8-. The fraction of sp³-hybridized carbons (Fsp3) is 0.214. The van der Waals surface area contributed by atoms with Gasteiger partial charge in [-0.3, -0.25) is 5.10 Å². The van der Waals surface area contributed by atoms with E-state index in [0.29, 0.717) is 4.77 Å². The molecule has 0 amide bonds. The van der Waals surface area contributed by atoms with Gasteiger partial charge in [0.2, 0.25) is 4.77 Å². The normalized spacial score (nSPS) is 11.7. The highest BCUT2D eigenvalue weighted by Crippen LogP contribution is 2.20. The van der Waals surface area contributed by atoms with Crippen LogP contribution in [0.1, 0.15) is 24.0 Å². The maximum absolute atomic E-state index is 5.19. The molecule has 2 aromatic heterocycles. The molecule has 0 atom stereocenters. The van der Waals surface area contributed by atoms with E-state index in [2.05, 4.69) is 32.4 Å². The summed E-state index contributed by atoms with van der Waals surface area (Å²) in [5, 5.41) is 12.5. The first-order valence-electron chi connectivity index (χ1n) is 6.48. The first-order valence-corrected chi connectivity index (χ1v) is 6.89. The number of hydrogen-bond donors (Lipinski definition) is 2. The van der Waals surface area contributed by atoms with Gasteiger partial charge in [0.05, 0.1) is 6.21 Å². The molecule has 3 aromatic rings. The second kappa shape index (κ2) is 5.05. The minimum absolute atomic E-state index is 0.510. The van der Waals surface area contributed by atoms with Gasteiger partial charge in [0.25, 0.3) is 0 Å². The largest absolute Gasteiger partial charge is 0.358 e. The molecule has 6 heteroatoms. The van der Waals surface area contributed by atoms with E-state index >= 15 is 0 Å². The Bertz CT molecular complexity index is 837. The Hall–Kier alpha value is -2.21. The quantitative estimate of drug-likeness (QED) is 0.573. The van der Waals surface area contributed by atoms with E-state index in [1.54, 1.807) is 4.68 Å². The number of benzene rings is 1. The summed E-state index contributed by atoms with van der Waals surface area (Å²) in [6.07, 6.45) is 2.61. The maximum Gasteiger partial charge on any atom is 0.216 e. The Labute approximate surface area is 121 Å². The number of para-hydroxylation sites is 1. The predicted octanol–water partition coefficient (Wildman–Crippen LogP) is 3.18. The highest BCUT2D eigenvalue weighted by molar-refractivity contribution is 7.71. The zero-order valence-corrected chi connectivity index (χ0v) is 12.2. The van der Waals surface area contributed by atoms with Gasteiger partial charge in [-0.25, -0.2) is 0 Å². The van der Waals surface area contributed by atoms with Crippen LogP contribution >= 0.6 is 12.2 Å². The molecular formula is C14H15N5S. The molecular weight excluding hydrogens is 270 g/mol. The lowest BCUT2D eigenvalue weighted by molar-refractivity contribution is 0.780. The zero-order chi connectivity index (χ0) is 14.1. The SMILES string of the molecule is CCc1n[nH]c(=S)n1/N=C\c1c(C)[nH]c2ccccc12. The highest BCUT2D eigenvalue weighted by atomic mass is 32.1. The molecule has 0 saturated carbocycles. The lowest BCUT2D eigenvalue weighted by atomic mass is 10.1. The van der Waals surface area contributed by atoms with Crippen molar-refractivity contribution < 1.29 is 0 Å². The number of hydrogen-bond acceptors (Lipinski definition) is 3. The van der Waals surface area contributed by atoms with Gasteiger partial charge in [0.15, 0.2) is 5.82 Å². The summed E-state index contributed by atoms with van der Waals surface area (Å²) in [6.45, 7) is 4.06. The lowest BCUT2D eigenvalue weighted by Crippen LogP contribution is -1.97. The molecule has 0 unspecified atom stereocenters. The average Bonchev–Trinajstić information content (AvgIpc) is 2.96. The second-order valence-corrected chi connectivity index (χ2v) is 4.95. The second-order valence-electron chi connectivity index (χ2n) is 4.56. The monoisotopic (exact) mass is 285 g/mol. The Morgan fingerprint density at radius 1 is 1.40 bits per heavy atom. The van der Waals surface area contributed by atoms with E-state index in [0.717, 1.165) is 34.4 Å². The summed E-state index contributed by atoms with van der Waals surface area (Å²) in [5.41, 5.74) is 3.27. The minimum Gasteiger partial charge on any atom is -0.358 e. The van der Waals surface area contributed by atoms with Crippen molar-refractivity contribution in [3.8, 4) is 0 Å². The molecule has 0 saturated heterocycles. The fourth-order valence-electron chi connectivity index (χ4n) is 2.25. The smallest absolute Gasteiger partial charge is 0.216 e. The highest BCUT2D eigenvalue weighted by Gasteiger charge is 2.06. The summed E-state index contributed by atoms with van der Waals surface area (Å²) in [4.78, 5) is 3.35. The molecule has 0 aliphatic rings. The van der Waals surface area contributed by atoms with Crippen molar-refractivity contribution in [2.24, 2.45) is 5.10 Å². The van der Waals surface area contributed by atoms with Crippen molar-refractivity contribution in [2.45, 2.75) is 20.3 Å². The van der Waals surface area contributed by atoms with Gasteiger partial charge in [-0.1, -0.05) is 25.1 Å². The van der Waals surface area contributed by atoms with Crippen molar-refractivity contribution in [1.82, 2.24) is 19.9 Å². The van der Waals surface area contributed by atoms with Gasteiger partial charge in [-0.15, -0.1) is 0 Å². The molecule has 0 spiro atoms. The van der Waals surface area contributed by atoms with Crippen LogP contribution in [-0.2, 0) is 6.42 Å². The van der Waals surface area contributed by atoms with Crippen molar-refractivity contribution >= 4 is 29.3 Å². The number of aryl methyl sites for hydroxylation is 2. The number of rotatable bonds is 3. The van der Waals surface area contributed by atoms with Crippen LogP contribution in [0.5, 0.6) is 0 Å². The fourth-order valence-corrected chi connectivity index (χ4v) is 2.45. The molecule has 3 rings (SSSR count). The minimum atomic E-state index is 0.510. The van der Waals surface area contributed by atoms with Crippen LogP contribution in [0.15, 0.2) is 29.4 Å². The van der Waals surface area contributed by atoms with E-state index in [9.17, 15) is 0 Å². The number of nitrogens with one attached hydrogen (secondary N) is 2. The molecule has 1 aromatic carbocycles.